The summed E-state index contributed by atoms with van der Waals surface area (Å²) in [4.78, 5) is 43.5. The Balaban J connectivity index is 1.64. The summed E-state index contributed by atoms with van der Waals surface area (Å²) in [5.74, 6) is 0.0558. The molecule has 1 atom stereocenters. The molecule has 1 aromatic heterocycles. The van der Waals surface area contributed by atoms with E-state index in [-0.39, 0.29) is 22.1 Å². The summed E-state index contributed by atoms with van der Waals surface area (Å²) >= 11 is 1.08. The Morgan fingerprint density at radius 3 is 2.50 bits per heavy atom. The van der Waals surface area contributed by atoms with Gasteiger partial charge in [-0.3, -0.25) is 24.3 Å². The number of benzene rings is 4. The largest absolute Gasteiger partial charge is 0.497 e. The topological polar surface area (TPSA) is 116 Å². The number of hydrogen-bond donors (Lipinski definition) is 1. The van der Waals surface area contributed by atoms with Gasteiger partial charge in [-0.2, -0.15) is 0 Å². The molecule has 0 aliphatic rings. The summed E-state index contributed by atoms with van der Waals surface area (Å²) < 4.78 is 6.83. The molecule has 5 aromatic rings. The van der Waals surface area contributed by atoms with E-state index in [1.165, 1.54) is 23.8 Å². The first-order valence-corrected chi connectivity index (χ1v) is 13.2. The molecular formula is C30H24N4O5S. The number of amides is 1. The summed E-state index contributed by atoms with van der Waals surface area (Å²) in [6.45, 7) is 1.74. The molecule has 0 fully saturated rings. The lowest BCUT2D eigenvalue weighted by Crippen LogP contribution is -2.24. The van der Waals surface area contributed by atoms with Gasteiger partial charge >= 0.3 is 0 Å². The van der Waals surface area contributed by atoms with Gasteiger partial charge in [-0.1, -0.05) is 66.4 Å². The van der Waals surface area contributed by atoms with Crippen molar-refractivity contribution in [2.75, 3.05) is 12.4 Å². The molecule has 10 heteroatoms. The summed E-state index contributed by atoms with van der Waals surface area (Å²) in [5, 5.41) is 14.2. The zero-order valence-electron chi connectivity index (χ0n) is 21.6. The Morgan fingerprint density at radius 1 is 1.00 bits per heavy atom. The van der Waals surface area contributed by atoms with E-state index in [0.29, 0.717) is 33.5 Å². The number of nitrogens with one attached hydrogen (secondary N) is 1. The SMILES string of the molecule is COc1cccc(-n2c(S[C@H](C(=O)Nc3ccc(C)cc3[N+](=O)[O-])c3ccccc3)nc3ccccc3c2=O)c1. The molecule has 9 nitrogen and oxygen atoms in total. The number of nitro groups is 1. The number of methoxy groups -OCH3 is 1. The van der Waals surface area contributed by atoms with E-state index in [1.807, 2.05) is 6.07 Å². The van der Waals surface area contributed by atoms with Gasteiger partial charge in [-0.25, -0.2) is 4.98 Å². The highest BCUT2D eigenvalue weighted by atomic mass is 32.2. The van der Waals surface area contributed by atoms with Gasteiger partial charge < -0.3 is 10.1 Å². The average molecular weight is 553 g/mol. The summed E-state index contributed by atoms with van der Waals surface area (Å²) in [6, 6.07) is 27.6. The first kappa shape index (κ1) is 26.6. The van der Waals surface area contributed by atoms with Crippen molar-refractivity contribution >= 4 is 39.9 Å². The third kappa shape index (κ3) is 5.43. The molecule has 0 unspecified atom stereocenters. The van der Waals surface area contributed by atoms with Crippen LogP contribution in [-0.4, -0.2) is 27.5 Å². The number of carbonyl (C=O) groups excluding carboxylic acids is 1. The van der Waals surface area contributed by atoms with Gasteiger partial charge in [0.05, 0.1) is 28.6 Å². The van der Waals surface area contributed by atoms with Crippen molar-refractivity contribution in [3.63, 3.8) is 0 Å². The second-order valence-electron chi connectivity index (χ2n) is 8.93. The van der Waals surface area contributed by atoms with Gasteiger partial charge in [0.15, 0.2) is 5.16 Å². The van der Waals surface area contributed by atoms with Crippen molar-refractivity contribution in [1.29, 1.82) is 0 Å². The molecule has 1 amide bonds. The van der Waals surface area contributed by atoms with E-state index in [2.05, 4.69) is 5.32 Å². The maximum absolute atomic E-state index is 13.8. The number of carbonyl (C=O) groups is 1. The van der Waals surface area contributed by atoms with Crippen LogP contribution in [0.4, 0.5) is 11.4 Å². The second kappa shape index (κ2) is 11.4. The third-order valence-electron chi connectivity index (χ3n) is 6.23. The van der Waals surface area contributed by atoms with Crippen molar-refractivity contribution in [2.24, 2.45) is 0 Å². The fourth-order valence-electron chi connectivity index (χ4n) is 4.27. The van der Waals surface area contributed by atoms with Crippen LogP contribution >= 0.6 is 11.8 Å². The quantitative estimate of drug-likeness (QED) is 0.107. The molecule has 4 aromatic carbocycles. The molecule has 0 spiro atoms. The molecule has 0 aliphatic carbocycles. The normalized spacial score (nSPS) is 11.7. The summed E-state index contributed by atoms with van der Waals surface area (Å²) in [6.07, 6.45) is 0. The highest BCUT2D eigenvalue weighted by Crippen LogP contribution is 2.37. The van der Waals surface area contributed by atoms with Gasteiger partial charge in [0.2, 0.25) is 5.91 Å². The zero-order valence-corrected chi connectivity index (χ0v) is 22.4. The molecule has 0 saturated carbocycles. The molecule has 0 saturated heterocycles. The molecule has 0 bridgehead atoms. The van der Waals surface area contributed by atoms with Crippen LogP contribution in [0.5, 0.6) is 5.75 Å². The first-order valence-electron chi connectivity index (χ1n) is 12.3. The van der Waals surface area contributed by atoms with Crippen LogP contribution in [0.2, 0.25) is 0 Å². The monoisotopic (exact) mass is 552 g/mol. The Kier molecular flexibility index (Phi) is 7.61. The fraction of sp³-hybridized carbons (Fsp3) is 0.100. The van der Waals surface area contributed by atoms with Gasteiger partial charge in [0.1, 0.15) is 16.7 Å². The van der Waals surface area contributed by atoms with E-state index in [0.717, 1.165) is 11.8 Å². The zero-order chi connectivity index (χ0) is 28.2. The second-order valence-corrected chi connectivity index (χ2v) is 10.0. The number of rotatable bonds is 8. The minimum absolute atomic E-state index is 0.0822. The van der Waals surface area contributed by atoms with E-state index in [9.17, 15) is 19.7 Å². The molecule has 0 radical (unpaired) electrons. The van der Waals surface area contributed by atoms with Crippen LogP contribution in [0.1, 0.15) is 16.4 Å². The number of aromatic nitrogens is 2. The van der Waals surface area contributed by atoms with Crippen molar-refractivity contribution < 1.29 is 14.5 Å². The van der Waals surface area contributed by atoms with Crippen LogP contribution in [0.25, 0.3) is 16.6 Å². The molecule has 5 rings (SSSR count). The van der Waals surface area contributed by atoms with Crippen LogP contribution in [-0.2, 0) is 4.79 Å². The number of thioether (sulfide) groups is 1. The third-order valence-corrected chi connectivity index (χ3v) is 7.43. The maximum Gasteiger partial charge on any atom is 0.293 e. The van der Waals surface area contributed by atoms with Crippen LogP contribution in [0, 0.1) is 17.0 Å². The summed E-state index contributed by atoms with van der Waals surface area (Å²) in [7, 11) is 1.54. The number of nitro benzene ring substituents is 1. The molecule has 1 heterocycles. The Hall–Kier alpha value is -4.96. The van der Waals surface area contributed by atoms with Gasteiger partial charge in [0.25, 0.3) is 11.2 Å². The Morgan fingerprint density at radius 2 is 1.75 bits per heavy atom. The highest BCUT2D eigenvalue weighted by Gasteiger charge is 2.28. The smallest absolute Gasteiger partial charge is 0.293 e. The number of hydrogen-bond acceptors (Lipinski definition) is 7. The molecular weight excluding hydrogens is 528 g/mol. The van der Waals surface area contributed by atoms with Crippen molar-refractivity contribution in [1.82, 2.24) is 9.55 Å². The van der Waals surface area contributed by atoms with Gasteiger partial charge in [0, 0.05) is 12.1 Å². The molecule has 200 valence electrons. The predicted octanol–water partition coefficient (Wildman–Crippen LogP) is 6.08. The molecule has 0 aliphatic heterocycles. The Bertz CT molecular complexity index is 1790. The minimum Gasteiger partial charge on any atom is -0.497 e. The number of nitrogens with zero attached hydrogens (tertiary/aromatic N) is 3. The van der Waals surface area contributed by atoms with E-state index >= 15 is 0 Å². The van der Waals surface area contributed by atoms with Gasteiger partial charge in [-0.15, -0.1) is 0 Å². The minimum atomic E-state index is -0.896. The number of ether oxygens (including phenoxy) is 1. The lowest BCUT2D eigenvalue weighted by molar-refractivity contribution is -0.384. The standard InChI is InChI=1S/C30H24N4O5S/c1-19-15-16-25(26(17-19)34(37)38)31-28(35)27(20-9-4-3-5-10-20)40-30-32-24-14-7-6-13-23(24)29(36)33(30)21-11-8-12-22(18-21)39-2/h3-18,27H,1-2H3,(H,31,35)/t27-/m0/s1. The number of anilines is 1. The van der Waals surface area contributed by atoms with Crippen molar-refractivity contribution in [3.05, 3.63) is 129 Å². The van der Waals surface area contributed by atoms with Crippen LogP contribution in [0.3, 0.4) is 0 Å². The fourth-order valence-corrected chi connectivity index (χ4v) is 5.39. The maximum atomic E-state index is 13.8. The van der Waals surface area contributed by atoms with Crippen LogP contribution < -0.4 is 15.6 Å². The highest BCUT2D eigenvalue weighted by molar-refractivity contribution is 8.00. The van der Waals surface area contributed by atoms with Crippen molar-refractivity contribution in [2.45, 2.75) is 17.3 Å². The first-order chi connectivity index (χ1) is 19.4. The average Bonchev–Trinajstić information content (AvgIpc) is 2.97. The molecule has 1 N–H and O–H groups in total. The van der Waals surface area contributed by atoms with E-state index < -0.39 is 16.1 Å². The number of fused-ring (bicyclic) bond motifs is 1. The number of para-hydroxylation sites is 1. The van der Waals surface area contributed by atoms with Gasteiger partial charge in [-0.05, 0) is 48.4 Å². The van der Waals surface area contributed by atoms with E-state index in [1.54, 1.807) is 85.8 Å². The van der Waals surface area contributed by atoms with E-state index in [4.69, 9.17) is 9.72 Å². The lowest BCUT2D eigenvalue weighted by Gasteiger charge is -2.20. The number of aryl methyl sites for hydroxylation is 1. The molecule has 40 heavy (non-hydrogen) atoms. The van der Waals surface area contributed by atoms with Crippen LogP contribution in [0.15, 0.2) is 107 Å². The Labute approximate surface area is 233 Å². The van der Waals surface area contributed by atoms with Crippen molar-refractivity contribution in [3.8, 4) is 11.4 Å². The summed E-state index contributed by atoms with van der Waals surface area (Å²) in [5.41, 5.74) is 1.91. The lowest BCUT2D eigenvalue weighted by atomic mass is 10.1. The predicted molar refractivity (Wildman–Crippen MR) is 155 cm³/mol.